The molecule has 5 rings (SSSR count). The lowest BCUT2D eigenvalue weighted by molar-refractivity contribution is -0.165. The van der Waals surface area contributed by atoms with Gasteiger partial charge < -0.3 is 10.6 Å². The van der Waals surface area contributed by atoms with Crippen LogP contribution in [0.2, 0.25) is 5.02 Å². The Hall–Kier alpha value is -4.98. The number of hydrogen-bond donors (Lipinski definition) is 2. The van der Waals surface area contributed by atoms with Gasteiger partial charge in [0.25, 0.3) is 11.8 Å². The van der Waals surface area contributed by atoms with Crippen LogP contribution >= 0.6 is 11.6 Å². The second-order valence-electron chi connectivity index (χ2n) is 9.69. The largest absolute Gasteiger partial charge is 0.437 e. The van der Waals surface area contributed by atoms with Gasteiger partial charge in [0.1, 0.15) is 12.2 Å². The van der Waals surface area contributed by atoms with Crippen LogP contribution in [0.1, 0.15) is 61.9 Å². The Bertz CT molecular complexity index is 1790. The van der Waals surface area contributed by atoms with Crippen LogP contribution in [0, 0.1) is 18.3 Å². The van der Waals surface area contributed by atoms with Crippen LogP contribution in [0.4, 0.5) is 32.0 Å². The van der Waals surface area contributed by atoms with Gasteiger partial charge in [-0.1, -0.05) is 11.6 Å². The van der Waals surface area contributed by atoms with Gasteiger partial charge in [0.15, 0.2) is 17.2 Å². The molecule has 11 nitrogen and oxygen atoms in total. The minimum absolute atomic E-state index is 0.00376. The van der Waals surface area contributed by atoms with E-state index in [1.807, 2.05) is 6.07 Å². The Labute approximate surface area is 248 Å². The third kappa shape index (κ3) is 6.34. The Morgan fingerprint density at radius 1 is 1.05 bits per heavy atom. The molecule has 3 aromatic heterocycles. The summed E-state index contributed by atoms with van der Waals surface area (Å²) in [5, 5.41) is 24.9. The van der Waals surface area contributed by atoms with Gasteiger partial charge in [-0.05, 0) is 55.7 Å². The molecule has 44 heavy (non-hydrogen) atoms. The van der Waals surface area contributed by atoms with Gasteiger partial charge in [-0.15, -0.1) is 10.2 Å². The summed E-state index contributed by atoms with van der Waals surface area (Å²) in [4.78, 5) is 30.9. The Kier molecular flexibility index (Phi) is 7.80. The summed E-state index contributed by atoms with van der Waals surface area (Å²) in [6.07, 6.45) is -8.03. The molecule has 0 unspecified atom stereocenters. The number of amides is 2. The second kappa shape index (κ2) is 11.3. The number of aromatic nitrogens is 6. The molecule has 1 saturated carbocycles. The molecule has 3 heterocycles. The van der Waals surface area contributed by atoms with Gasteiger partial charge in [-0.2, -0.15) is 41.5 Å². The lowest BCUT2D eigenvalue weighted by Crippen LogP contribution is -2.28. The average Bonchev–Trinajstić information content (AvgIpc) is 3.47. The fourth-order valence-corrected chi connectivity index (χ4v) is 4.38. The molecular weight excluding hydrogens is 620 g/mol. The Morgan fingerprint density at radius 3 is 2.27 bits per heavy atom. The van der Waals surface area contributed by atoms with Gasteiger partial charge in [0, 0.05) is 12.2 Å². The second-order valence-corrected chi connectivity index (χ2v) is 10.1. The van der Waals surface area contributed by atoms with Crippen LogP contribution in [0.5, 0.6) is 0 Å². The molecular formula is C26H18ClF6N9O2. The number of nitriles is 1. The number of carbonyl (C=O) groups is 2. The highest BCUT2D eigenvalue weighted by Gasteiger charge is 2.48. The van der Waals surface area contributed by atoms with Crippen molar-refractivity contribution in [3.8, 4) is 11.9 Å². The molecule has 228 valence electrons. The zero-order chi connectivity index (χ0) is 32.0. The minimum atomic E-state index is -5.45. The Balaban J connectivity index is 1.55. The molecule has 1 aromatic carbocycles. The van der Waals surface area contributed by atoms with Crippen molar-refractivity contribution >= 4 is 29.1 Å². The van der Waals surface area contributed by atoms with E-state index in [0.29, 0.717) is 5.56 Å². The molecule has 1 aliphatic rings. The summed E-state index contributed by atoms with van der Waals surface area (Å²) >= 11 is 6.25. The van der Waals surface area contributed by atoms with E-state index in [2.05, 4.69) is 30.9 Å². The molecule has 1 aliphatic carbocycles. The number of alkyl halides is 6. The summed E-state index contributed by atoms with van der Waals surface area (Å²) in [5.41, 5.74) is -4.39. The molecule has 4 aromatic rings. The maximum absolute atomic E-state index is 13.6. The van der Waals surface area contributed by atoms with Crippen molar-refractivity contribution in [2.24, 2.45) is 0 Å². The molecule has 0 radical (unpaired) electrons. The van der Waals surface area contributed by atoms with E-state index in [1.54, 1.807) is 6.92 Å². The number of pyridine rings is 1. The van der Waals surface area contributed by atoms with Crippen molar-refractivity contribution < 1.29 is 35.9 Å². The lowest BCUT2D eigenvalue weighted by atomic mass is 10.0. The predicted octanol–water partition coefficient (Wildman–Crippen LogP) is 4.92. The van der Waals surface area contributed by atoms with Gasteiger partial charge in [0.2, 0.25) is 0 Å². The fraction of sp³-hybridized carbons (Fsp3) is 0.269. The van der Waals surface area contributed by atoms with Gasteiger partial charge in [-0.25, -0.2) is 9.67 Å². The zero-order valence-electron chi connectivity index (χ0n) is 22.3. The number of anilines is 1. The lowest BCUT2D eigenvalue weighted by Gasteiger charge is -2.15. The van der Waals surface area contributed by atoms with Crippen LogP contribution < -0.4 is 10.6 Å². The highest BCUT2D eigenvalue weighted by Crippen LogP contribution is 2.38. The van der Waals surface area contributed by atoms with Gasteiger partial charge >= 0.3 is 12.4 Å². The van der Waals surface area contributed by atoms with Crippen molar-refractivity contribution in [2.75, 3.05) is 5.32 Å². The third-order valence-electron chi connectivity index (χ3n) is 6.29. The van der Waals surface area contributed by atoms with Crippen molar-refractivity contribution in [1.29, 1.82) is 5.26 Å². The topological polar surface area (TPSA) is 143 Å². The highest BCUT2D eigenvalue weighted by molar-refractivity contribution is 6.32. The summed E-state index contributed by atoms with van der Waals surface area (Å²) in [6.45, 7) is 0.754. The quantitative estimate of drug-likeness (QED) is 0.274. The number of hydrogen-bond acceptors (Lipinski definition) is 7. The molecule has 0 atom stereocenters. The summed E-state index contributed by atoms with van der Waals surface area (Å²) < 4.78 is 80.5. The van der Waals surface area contributed by atoms with Gasteiger partial charge in [-0.3, -0.25) is 9.59 Å². The standard InChI is InChI=1S/C26H18ClF6N9O2/c1-12-7-13(10-34)8-16(23(43)36-14-4-5-14)19(12)37-24(44)18-9-15(38-42(18)22-17(27)3-2-6-35-22)11-41-39-20(25(28,29)30)21(40-41)26(31,32)33/h2-3,6-9,14H,4-5,11H2,1H3,(H,36,43)(H,37,44). The van der Waals surface area contributed by atoms with E-state index in [4.69, 9.17) is 11.6 Å². The first-order chi connectivity index (χ1) is 20.7. The number of nitrogens with one attached hydrogen (secondary N) is 2. The number of rotatable bonds is 7. The molecule has 2 N–H and O–H groups in total. The van der Waals surface area contributed by atoms with E-state index in [1.165, 1.54) is 30.5 Å². The van der Waals surface area contributed by atoms with Crippen molar-refractivity contribution in [3.63, 3.8) is 0 Å². The summed E-state index contributed by atoms with van der Waals surface area (Å²) in [7, 11) is 0. The summed E-state index contributed by atoms with van der Waals surface area (Å²) in [5.74, 6) is -1.51. The predicted molar refractivity (Wildman–Crippen MR) is 140 cm³/mol. The van der Waals surface area contributed by atoms with Crippen LogP contribution in [0.3, 0.4) is 0 Å². The number of carbonyl (C=O) groups excluding carboxylic acids is 2. The van der Waals surface area contributed by atoms with E-state index in [9.17, 15) is 41.2 Å². The number of halogens is 7. The maximum Gasteiger partial charge on any atom is 0.437 e. The van der Waals surface area contributed by atoms with E-state index in [0.717, 1.165) is 23.6 Å². The number of nitrogens with zero attached hydrogens (tertiary/aromatic N) is 7. The first-order valence-electron chi connectivity index (χ1n) is 12.6. The Morgan fingerprint density at radius 2 is 1.70 bits per heavy atom. The highest BCUT2D eigenvalue weighted by atomic mass is 35.5. The SMILES string of the molecule is Cc1cc(C#N)cc(C(=O)NC2CC2)c1NC(=O)c1cc(Cn2nc(C(F)(F)F)c(C(F)(F)F)n2)nn1-c1ncccc1Cl. The number of aryl methyl sites for hydroxylation is 1. The van der Waals surface area contributed by atoms with Crippen LogP contribution in [-0.4, -0.2) is 47.6 Å². The van der Waals surface area contributed by atoms with Gasteiger partial charge in [0.05, 0.1) is 33.6 Å². The smallest absolute Gasteiger partial charge is 0.349 e. The molecule has 2 amide bonds. The monoisotopic (exact) mass is 637 g/mol. The fourth-order valence-electron chi connectivity index (χ4n) is 4.17. The van der Waals surface area contributed by atoms with Crippen molar-refractivity contribution in [3.05, 3.63) is 81.0 Å². The van der Waals surface area contributed by atoms with Crippen LogP contribution in [0.25, 0.3) is 5.82 Å². The van der Waals surface area contributed by atoms with E-state index < -0.39 is 42.1 Å². The average molecular weight is 638 g/mol. The molecule has 0 saturated heterocycles. The maximum atomic E-state index is 13.6. The molecule has 0 spiro atoms. The van der Waals surface area contributed by atoms with E-state index >= 15 is 0 Å². The van der Waals surface area contributed by atoms with Crippen molar-refractivity contribution in [2.45, 2.75) is 44.7 Å². The molecule has 18 heteroatoms. The minimum Gasteiger partial charge on any atom is -0.349 e. The molecule has 1 fully saturated rings. The molecule has 0 aliphatic heterocycles. The van der Waals surface area contributed by atoms with E-state index in [-0.39, 0.29) is 49.9 Å². The normalized spacial score (nSPS) is 13.4. The number of benzene rings is 1. The van der Waals surface area contributed by atoms with Crippen LogP contribution in [0.15, 0.2) is 36.5 Å². The molecule has 0 bridgehead atoms. The van der Waals surface area contributed by atoms with Crippen molar-refractivity contribution in [1.82, 2.24) is 35.1 Å². The zero-order valence-corrected chi connectivity index (χ0v) is 23.0. The third-order valence-corrected chi connectivity index (χ3v) is 6.58. The summed E-state index contributed by atoms with van der Waals surface area (Å²) in [6, 6.07) is 8.62. The first kappa shape index (κ1) is 30.5. The first-order valence-corrected chi connectivity index (χ1v) is 13.0. The van der Waals surface area contributed by atoms with Crippen LogP contribution in [-0.2, 0) is 18.9 Å².